The van der Waals surface area contributed by atoms with Crippen LogP contribution in [-0.2, 0) is 0 Å². The Kier molecular flexibility index (Phi) is 5.58. The van der Waals surface area contributed by atoms with Gasteiger partial charge in [-0.1, -0.05) is 0 Å². The van der Waals surface area contributed by atoms with Crippen molar-refractivity contribution in [2.24, 2.45) is 5.73 Å². The van der Waals surface area contributed by atoms with E-state index in [0.717, 1.165) is 0 Å². The lowest BCUT2D eigenvalue weighted by Gasteiger charge is -2.22. The normalized spacial score (nSPS) is 10.1. The van der Waals surface area contributed by atoms with Crippen LogP contribution < -0.4 is 16.8 Å². The third kappa shape index (κ3) is 7.42. The molecule has 0 aliphatic heterocycles. The number of nitrogen functional groups attached to an aromatic ring is 1. The molecule has 1 aromatic rings. The molecule has 106 valence electrons. The lowest BCUT2D eigenvalue weighted by atomic mass is 10.1. The summed E-state index contributed by atoms with van der Waals surface area (Å²) in [6.07, 6.45) is -1.33. The molecule has 1 rings (SSSR count). The molecule has 1 amide bonds. The van der Waals surface area contributed by atoms with Crippen molar-refractivity contribution in [2.75, 3.05) is 11.1 Å². The van der Waals surface area contributed by atoms with E-state index in [9.17, 15) is 10.1 Å². The van der Waals surface area contributed by atoms with E-state index in [1.807, 2.05) is 20.8 Å². The average Bonchev–Trinajstić information content (AvgIpc) is 2.17. The van der Waals surface area contributed by atoms with Crippen LogP contribution in [0.15, 0.2) is 18.2 Å². The van der Waals surface area contributed by atoms with Gasteiger partial charge in [0.1, 0.15) is 5.69 Å². The largest absolute Gasteiger partial charge is 0.465 e. The van der Waals surface area contributed by atoms with Crippen molar-refractivity contribution >= 4 is 23.2 Å². The molecule has 8 nitrogen and oxygen atoms in total. The molecule has 0 aromatic heterocycles. The van der Waals surface area contributed by atoms with E-state index in [2.05, 4.69) is 11.1 Å². The van der Waals surface area contributed by atoms with E-state index >= 15 is 0 Å². The third-order valence-corrected chi connectivity index (χ3v) is 1.75. The zero-order valence-corrected chi connectivity index (χ0v) is 11.0. The van der Waals surface area contributed by atoms with Gasteiger partial charge in [-0.25, -0.2) is 4.79 Å². The number of hydrogen-bond donors (Lipinski definition) is 4. The number of nitrogens with two attached hydrogens (primary N) is 2. The Morgan fingerprint density at radius 1 is 1.42 bits per heavy atom. The molecule has 0 aliphatic rings. The highest BCUT2D eigenvalue weighted by atomic mass is 16.6. The van der Waals surface area contributed by atoms with Crippen LogP contribution in [0.25, 0.3) is 0 Å². The standard InChI is InChI=1S/C10H15N3O2.CH3NO2/c1-10(2,3)12-7-4-5-8(11)9(6-7)13(14)15;2-1(3)4/h4-6,12H,11H2,1-3H3;2H2,(H,3,4). The van der Waals surface area contributed by atoms with E-state index in [1.165, 1.54) is 12.1 Å². The Morgan fingerprint density at radius 2 is 1.89 bits per heavy atom. The van der Waals surface area contributed by atoms with Gasteiger partial charge >= 0.3 is 6.09 Å². The Labute approximate surface area is 110 Å². The quantitative estimate of drug-likeness (QED) is 0.367. The van der Waals surface area contributed by atoms with Gasteiger partial charge in [-0.3, -0.25) is 10.1 Å². The van der Waals surface area contributed by atoms with Crippen molar-refractivity contribution in [1.82, 2.24) is 0 Å². The number of primary amides is 1. The van der Waals surface area contributed by atoms with Gasteiger partial charge in [-0.2, -0.15) is 0 Å². The second-order valence-corrected chi connectivity index (χ2v) is 4.74. The second-order valence-electron chi connectivity index (χ2n) is 4.74. The molecule has 8 heteroatoms. The maximum absolute atomic E-state index is 10.6. The summed E-state index contributed by atoms with van der Waals surface area (Å²) in [6, 6.07) is 4.71. The van der Waals surface area contributed by atoms with Gasteiger partial charge in [0, 0.05) is 17.3 Å². The fourth-order valence-corrected chi connectivity index (χ4v) is 1.21. The molecular weight excluding hydrogens is 252 g/mol. The summed E-state index contributed by atoms with van der Waals surface area (Å²) < 4.78 is 0. The molecule has 0 spiro atoms. The highest BCUT2D eigenvalue weighted by Crippen LogP contribution is 2.26. The van der Waals surface area contributed by atoms with Crippen molar-refractivity contribution in [3.8, 4) is 0 Å². The molecule has 0 heterocycles. The van der Waals surface area contributed by atoms with Gasteiger partial charge in [0.15, 0.2) is 0 Å². The van der Waals surface area contributed by atoms with Gasteiger partial charge in [0.2, 0.25) is 0 Å². The number of carboxylic acid groups (broad SMARTS) is 1. The monoisotopic (exact) mass is 270 g/mol. The predicted octanol–water partition coefficient (Wildman–Crippen LogP) is 2.01. The molecule has 0 fully saturated rings. The third-order valence-electron chi connectivity index (χ3n) is 1.75. The number of anilines is 2. The zero-order valence-electron chi connectivity index (χ0n) is 11.0. The van der Waals surface area contributed by atoms with Crippen LogP contribution in [0, 0.1) is 10.1 Å². The molecule has 19 heavy (non-hydrogen) atoms. The van der Waals surface area contributed by atoms with Crippen LogP contribution in [0.3, 0.4) is 0 Å². The minimum atomic E-state index is -1.33. The van der Waals surface area contributed by atoms with E-state index in [0.29, 0.717) is 5.69 Å². The number of nitro groups is 1. The van der Waals surface area contributed by atoms with E-state index < -0.39 is 11.0 Å². The van der Waals surface area contributed by atoms with E-state index in [-0.39, 0.29) is 16.9 Å². The summed E-state index contributed by atoms with van der Waals surface area (Å²) >= 11 is 0. The number of amides is 1. The lowest BCUT2D eigenvalue weighted by molar-refractivity contribution is -0.383. The molecule has 0 radical (unpaired) electrons. The van der Waals surface area contributed by atoms with Crippen molar-refractivity contribution in [1.29, 1.82) is 0 Å². The van der Waals surface area contributed by atoms with Crippen LogP contribution in [0.1, 0.15) is 20.8 Å². The van der Waals surface area contributed by atoms with Gasteiger partial charge < -0.3 is 21.9 Å². The first-order chi connectivity index (χ1) is 8.53. The van der Waals surface area contributed by atoms with Gasteiger partial charge in [-0.15, -0.1) is 0 Å². The fraction of sp³-hybridized carbons (Fsp3) is 0.364. The molecule has 0 atom stereocenters. The first kappa shape index (κ1) is 16.5. The second kappa shape index (κ2) is 6.43. The van der Waals surface area contributed by atoms with Gasteiger partial charge in [-0.05, 0) is 32.9 Å². The predicted molar refractivity (Wildman–Crippen MR) is 73.1 cm³/mol. The van der Waals surface area contributed by atoms with Crippen LogP contribution in [0.5, 0.6) is 0 Å². The first-order valence-electron chi connectivity index (χ1n) is 5.33. The van der Waals surface area contributed by atoms with Gasteiger partial charge in [0.05, 0.1) is 4.92 Å². The molecule has 0 bridgehead atoms. The van der Waals surface area contributed by atoms with Crippen LogP contribution in [0.4, 0.5) is 21.9 Å². The Morgan fingerprint density at radius 3 is 2.26 bits per heavy atom. The highest BCUT2D eigenvalue weighted by Gasteiger charge is 2.15. The van der Waals surface area contributed by atoms with Crippen LogP contribution in [-0.4, -0.2) is 21.7 Å². The molecule has 1 aromatic carbocycles. The number of benzene rings is 1. The maximum Gasteiger partial charge on any atom is 0.402 e. The molecule has 6 N–H and O–H groups in total. The number of nitrogens with zero attached hydrogens (tertiary/aromatic N) is 1. The van der Waals surface area contributed by atoms with E-state index in [1.54, 1.807) is 6.07 Å². The Balaban J connectivity index is 0.000000711. The summed E-state index contributed by atoms with van der Waals surface area (Å²) in [5.41, 5.74) is 10.2. The minimum Gasteiger partial charge on any atom is -0.465 e. The van der Waals surface area contributed by atoms with E-state index in [4.69, 9.17) is 15.6 Å². The molecule has 0 saturated carbocycles. The number of rotatable bonds is 2. The topological polar surface area (TPSA) is 145 Å². The first-order valence-corrected chi connectivity index (χ1v) is 5.33. The fourth-order valence-electron chi connectivity index (χ4n) is 1.21. The zero-order chi connectivity index (χ0) is 15.2. The minimum absolute atomic E-state index is 0.0655. The number of hydrogen-bond acceptors (Lipinski definition) is 5. The SMILES string of the molecule is CC(C)(C)Nc1ccc(N)c([N+](=O)[O-])c1.NC(=O)O. The smallest absolute Gasteiger partial charge is 0.402 e. The number of nitro benzene ring substituents is 1. The summed E-state index contributed by atoms with van der Waals surface area (Å²) in [5.74, 6) is 0. The summed E-state index contributed by atoms with van der Waals surface area (Å²) in [4.78, 5) is 18.9. The summed E-state index contributed by atoms with van der Waals surface area (Å²) in [5, 5.41) is 21.0. The summed E-state index contributed by atoms with van der Waals surface area (Å²) in [6.45, 7) is 5.94. The number of carbonyl (C=O) groups is 1. The van der Waals surface area contributed by atoms with Gasteiger partial charge in [0.25, 0.3) is 5.69 Å². The Bertz CT molecular complexity index is 464. The molecule has 0 aliphatic carbocycles. The molecule has 0 unspecified atom stereocenters. The molecular formula is C11H18N4O4. The average molecular weight is 270 g/mol. The van der Waals surface area contributed by atoms with Crippen LogP contribution in [0.2, 0.25) is 0 Å². The number of nitrogens with one attached hydrogen (secondary N) is 1. The van der Waals surface area contributed by atoms with Crippen molar-refractivity contribution in [2.45, 2.75) is 26.3 Å². The van der Waals surface area contributed by atoms with Crippen molar-refractivity contribution < 1.29 is 14.8 Å². The lowest BCUT2D eigenvalue weighted by Crippen LogP contribution is -2.26. The molecule has 0 saturated heterocycles. The maximum atomic E-state index is 10.6. The highest BCUT2D eigenvalue weighted by molar-refractivity contribution is 5.65. The Hall–Kier alpha value is -2.51. The van der Waals surface area contributed by atoms with Crippen LogP contribution >= 0.6 is 0 Å². The summed E-state index contributed by atoms with van der Waals surface area (Å²) in [7, 11) is 0. The van der Waals surface area contributed by atoms with Crippen molar-refractivity contribution in [3.05, 3.63) is 28.3 Å². The van der Waals surface area contributed by atoms with Crippen molar-refractivity contribution in [3.63, 3.8) is 0 Å².